The highest BCUT2D eigenvalue weighted by Crippen LogP contribution is 2.35. The molecule has 2 heterocycles. The van der Waals surface area contributed by atoms with Crippen LogP contribution in [-0.4, -0.2) is 31.9 Å². The van der Waals surface area contributed by atoms with Crippen LogP contribution >= 0.6 is 0 Å². The van der Waals surface area contributed by atoms with E-state index in [-0.39, 0.29) is 0 Å². The molecule has 1 saturated heterocycles. The number of aromatic nitrogens is 3. The Morgan fingerprint density at radius 1 is 1.00 bits per heavy atom. The van der Waals surface area contributed by atoms with E-state index in [0.717, 1.165) is 24.2 Å². The molecule has 0 aromatic carbocycles. The fourth-order valence-corrected chi connectivity index (χ4v) is 2.65. The van der Waals surface area contributed by atoms with E-state index in [1.54, 1.807) is 12.7 Å². The summed E-state index contributed by atoms with van der Waals surface area (Å²) in [5, 5.41) is 0. The highest BCUT2D eigenvalue weighted by molar-refractivity contribution is 4.95. The lowest BCUT2D eigenvalue weighted by Gasteiger charge is -2.26. The summed E-state index contributed by atoms with van der Waals surface area (Å²) >= 11 is 0. The summed E-state index contributed by atoms with van der Waals surface area (Å²) in [5.41, 5.74) is 0. The molecule has 0 amide bonds. The van der Waals surface area contributed by atoms with Crippen LogP contribution in [0, 0.1) is 11.8 Å². The highest BCUT2D eigenvalue weighted by Gasteiger charge is 2.39. The first-order chi connectivity index (χ1) is 7.61. The Bertz CT molecular complexity index is 326. The molecular formula is C12H20N4. The number of hydrogen-bond acceptors (Lipinski definition) is 4. The molecule has 0 aliphatic carbocycles. The van der Waals surface area contributed by atoms with Crippen LogP contribution in [-0.2, 0) is 6.54 Å². The number of hydrogen-bond donors (Lipinski definition) is 0. The Labute approximate surface area is 97.1 Å². The molecule has 4 heteroatoms. The van der Waals surface area contributed by atoms with Crippen molar-refractivity contribution in [2.24, 2.45) is 11.8 Å². The van der Waals surface area contributed by atoms with Gasteiger partial charge in [-0.05, 0) is 25.7 Å². The molecule has 1 aliphatic rings. The largest absolute Gasteiger partial charge is 0.290 e. The highest BCUT2D eigenvalue weighted by atomic mass is 15.2. The molecule has 16 heavy (non-hydrogen) atoms. The lowest BCUT2D eigenvalue weighted by molar-refractivity contribution is 0.184. The second-order valence-corrected chi connectivity index (χ2v) is 4.93. The monoisotopic (exact) mass is 220 g/mol. The Morgan fingerprint density at radius 2 is 1.50 bits per heavy atom. The first-order valence-corrected chi connectivity index (χ1v) is 5.98. The van der Waals surface area contributed by atoms with Crippen LogP contribution in [0.2, 0.25) is 0 Å². The fourth-order valence-electron chi connectivity index (χ4n) is 2.65. The van der Waals surface area contributed by atoms with Gasteiger partial charge in [0.25, 0.3) is 0 Å². The third-order valence-corrected chi connectivity index (χ3v) is 4.27. The Balaban J connectivity index is 2.11. The van der Waals surface area contributed by atoms with Gasteiger partial charge in [-0.2, -0.15) is 0 Å². The van der Waals surface area contributed by atoms with Gasteiger partial charge in [-0.25, -0.2) is 15.0 Å². The van der Waals surface area contributed by atoms with Crippen molar-refractivity contribution in [3.8, 4) is 0 Å². The first kappa shape index (κ1) is 11.5. The zero-order valence-electron chi connectivity index (χ0n) is 10.5. The second kappa shape index (κ2) is 4.45. The molecule has 2 rings (SSSR count). The maximum Gasteiger partial charge on any atom is 0.145 e. The van der Waals surface area contributed by atoms with E-state index in [9.17, 15) is 0 Å². The predicted molar refractivity (Wildman–Crippen MR) is 62.6 cm³/mol. The molecule has 0 N–H and O–H groups in total. The molecule has 88 valence electrons. The van der Waals surface area contributed by atoms with Crippen molar-refractivity contribution in [3.63, 3.8) is 0 Å². The fraction of sp³-hybridized carbons (Fsp3) is 0.750. The van der Waals surface area contributed by atoms with Gasteiger partial charge in [0.15, 0.2) is 0 Å². The minimum absolute atomic E-state index is 0.599. The van der Waals surface area contributed by atoms with Crippen LogP contribution in [0.3, 0.4) is 0 Å². The molecular weight excluding hydrogens is 200 g/mol. The second-order valence-electron chi connectivity index (χ2n) is 4.93. The zero-order valence-corrected chi connectivity index (χ0v) is 10.5. The van der Waals surface area contributed by atoms with Crippen molar-refractivity contribution in [2.45, 2.75) is 46.3 Å². The maximum atomic E-state index is 4.20. The van der Waals surface area contributed by atoms with Crippen molar-refractivity contribution in [1.29, 1.82) is 0 Å². The normalized spacial score (nSPS) is 35.5. The summed E-state index contributed by atoms with van der Waals surface area (Å²) in [6.45, 7) is 10.1. The van der Waals surface area contributed by atoms with Crippen LogP contribution in [0.15, 0.2) is 12.7 Å². The van der Waals surface area contributed by atoms with Crippen LogP contribution in [0.5, 0.6) is 0 Å². The van der Waals surface area contributed by atoms with Crippen molar-refractivity contribution in [1.82, 2.24) is 19.9 Å². The summed E-state index contributed by atoms with van der Waals surface area (Å²) in [6, 6.07) is 1.20. The van der Waals surface area contributed by atoms with Crippen molar-refractivity contribution in [2.75, 3.05) is 0 Å². The molecule has 4 nitrogen and oxygen atoms in total. The first-order valence-electron chi connectivity index (χ1n) is 5.98. The van der Waals surface area contributed by atoms with Gasteiger partial charge in [0.1, 0.15) is 18.5 Å². The Hall–Kier alpha value is -1.03. The average molecular weight is 220 g/mol. The van der Waals surface area contributed by atoms with Gasteiger partial charge in [-0.3, -0.25) is 4.90 Å². The molecule has 0 saturated carbocycles. The van der Waals surface area contributed by atoms with Crippen molar-refractivity contribution >= 4 is 0 Å². The third-order valence-electron chi connectivity index (χ3n) is 4.27. The lowest BCUT2D eigenvalue weighted by Crippen LogP contribution is -2.34. The van der Waals surface area contributed by atoms with Crippen molar-refractivity contribution < 1.29 is 0 Å². The molecule has 1 aromatic heterocycles. The smallest absolute Gasteiger partial charge is 0.145 e. The predicted octanol–water partition coefficient (Wildman–Crippen LogP) is 1.74. The molecule has 0 unspecified atom stereocenters. The van der Waals surface area contributed by atoms with E-state index in [1.165, 1.54) is 0 Å². The van der Waals surface area contributed by atoms with Crippen LogP contribution in [0.4, 0.5) is 0 Å². The average Bonchev–Trinajstić information content (AvgIpc) is 2.48. The molecule has 4 atom stereocenters. The number of likely N-dealkylation sites (tertiary alicyclic amines) is 1. The van der Waals surface area contributed by atoms with E-state index in [2.05, 4.69) is 47.5 Å². The van der Waals surface area contributed by atoms with E-state index in [0.29, 0.717) is 12.1 Å². The van der Waals surface area contributed by atoms with E-state index >= 15 is 0 Å². The standard InChI is InChI=1S/C12H20N4/c1-8-9(2)11(4)16(10(8)3)5-12-14-6-13-7-15-12/h6-11H,5H2,1-4H3/t8-,9+,10-,11+. The van der Waals surface area contributed by atoms with Crippen molar-refractivity contribution in [3.05, 3.63) is 18.5 Å². The van der Waals surface area contributed by atoms with Gasteiger partial charge in [0.2, 0.25) is 0 Å². The van der Waals surface area contributed by atoms with Crippen LogP contribution in [0.25, 0.3) is 0 Å². The van der Waals surface area contributed by atoms with E-state index in [4.69, 9.17) is 0 Å². The zero-order chi connectivity index (χ0) is 11.7. The van der Waals surface area contributed by atoms with Gasteiger partial charge < -0.3 is 0 Å². The minimum atomic E-state index is 0.599. The van der Waals surface area contributed by atoms with Crippen LogP contribution in [0.1, 0.15) is 33.5 Å². The van der Waals surface area contributed by atoms with Gasteiger partial charge in [-0.1, -0.05) is 13.8 Å². The Kier molecular flexibility index (Phi) is 3.19. The molecule has 0 bridgehead atoms. The number of rotatable bonds is 2. The van der Waals surface area contributed by atoms with E-state index in [1.807, 2.05) is 0 Å². The molecule has 0 radical (unpaired) electrons. The van der Waals surface area contributed by atoms with E-state index < -0.39 is 0 Å². The quantitative estimate of drug-likeness (QED) is 0.761. The summed E-state index contributed by atoms with van der Waals surface area (Å²) < 4.78 is 0. The Morgan fingerprint density at radius 3 is 2.00 bits per heavy atom. The van der Waals surface area contributed by atoms with Crippen LogP contribution < -0.4 is 0 Å². The summed E-state index contributed by atoms with van der Waals surface area (Å²) in [5.74, 6) is 2.34. The topological polar surface area (TPSA) is 41.9 Å². The van der Waals surface area contributed by atoms with Gasteiger partial charge >= 0.3 is 0 Å². The summed E-state index contributed by atoms with van der Waals surface area (Å²) in [6.07, 6.45) is 3.14. The molecule has 1 fully saturated rings. The minimum Gasteiger partial charge on any atom is -0.290 e. The van der Waals surface area contributed by atoms with Gasteiger partial charge in [0.05, 0.1) is 6.54 Å². The maximum absolute atomic E-state index is 4.20. The number of nitrogens with zero attached hydrogens (tertiary/aromatic N) is 4. The summed E-state index contributed by atoms with van der Waals surface area (Å²) in [7, 11) is 0. The molecule has 1 aromatic rings. The lowest BCUT2D eigenvalue weighted by atomic mass is 9.92. The SMILES string of the molecule is C[C@@H]1[C@H](C)[C@H](C)N(Cc2ncncn2)[C@@H]1C. The molecule has 0 spiro atoms. The van der Waals surface area contributed by atoms with Gasteiger partial charge in [-0.15, -0.1) is 0 Å². The van der Waals surface area contributed by atoms with Gasteiger partial charge in [0, 0.05) is 12.1 Å². The summed E-state index contributed by atoms with van der Waals surface area (Å²) in [4.78, 5) is 14.7. The third kappa shape index (κ3) is 1.94. The molecule has 1 aliphatic heterocycles.